The lowest BCUT2D eigenvalue weighted by atomic mass is 10.1. The molecule has 2 aromatic carbocycles. The molecule has 1 amide bonds. The van der Waals surface area contributed by atoms with Crippen molar-refractivity contribution in [2.24, 2.45) is 5.92 Å². The number of alkyl halides is 3. The minimum atomic E-state index is -4.46. The summed E-state index contributed by atoms with van der Waals surface area (Å²) in [5, 5.41) is 0. The number of hydrogen-bond donors (Lipinski definition) is 0. The quantitative estimate of drug-likeness (QED) is 0.469. The summed E-state index contributed by atoms with van der Waals surface area (Å²) in [5.74, 6) is -0.298. The van der Waals surface area contributed by atoms with Gasteiger partial charge in [0.1, 0.15) is 11.6 Å². The average molecular weight is 433 g/mol. The average Bonchev–Trinajstić information content (AvgIpc) is 3.13. The van der Waals surface area contributed by atoms with Gasteiger partial charge in [-0.05, 0) is 35.7 Å². The Morgan fingerprint density at radius 2 is 1.87 bits per heavy atom. The number of benzene rings is 2. The normalized spacial score (nSPS) is 11.7. The largest absolute Gasteiger partial charge is 0.416 e. The van der Waals surface area contributed by atoms with Crippen molar-refractivity contribution in [3.05, 3.63) is 89.3 Å². The highest BCUT2D eigenvalue weighted by atomic mass is 19.4. The van der Waals surface area contributed by atoms with Gasteiger partial charge in [0.2, 0.25) is 0 Å². The summed E-state index contributed by atoms with van der Waals surface area (Å²) in [6.45, 7) is 4.33. The van der Waals surface area contributed by atoms with Crippen molar-refractivity contribution in [1.29, 1.82) is 0 Å². The zero-order valence-corrected chi connectivity index (χ0v) is 17.2. The minimum absolute atomic E-state index is 0.0330. The summed E-state index contributed by atoms with van der Waals surface area (Å²) in [4.78, 5) is 18.8. The van der Waals surface area contributed by atoms with E-state index in [4.69, 9.17) is 0 Å². The standard InChI is InChI=1S/C23H23F4N3O/c1-16(2)13-30(22(31)17-7-5-8-19(24)12-17)15-21-28-10-11-29(21)14-18-6-3-4-9-20(18)23(25,26)27/h3-12,16H,13-15H2,1-2H3. The maximum absolute atomic E-state index is 13.6. The number of imidazole rings is 1. The molecular formula is C23H23F4N3O. The van der Waals surface area contributed by atoms with Gasteiger partial charge >= 0.3 is 6.18 Å². The maximum Gasteiger partial charge on any atom is 0.416 e. The van der Waals surface area contributed by atoms with Crippen LogP contribution in [0.2, 0.25) is 0 Å². The van der Waals surface area contributed by atoms with Gasteiger partial charge in [-0.15, -0.1) is 0 Å². The van der Waals surface area contributed by atoms with E-state index in [2.05, 4.69) is 4.98 Å². The second-order valence-corrected chi connectivity index (χ2v) is 7.72. The summed E-state index contributed by atoms with van der Waals surface area (Å²) in [7, 11) is 0. The van der Waals surface area contributed by atoms with E-state index in [0.717, 1.165) is 6.07 Å². The van der Waals surface area contributed by atoms with Crippen LogP contribution in [-0.4, -0.2) is 26.9 Å². The molecule has 0 aliphatic heterocycles. The number of carbonyl (C=O) groups is 1. The molecule has 0 aliphatic carbocycles. The Kier molecular flexibility index (Phi) is 6.77. The maximum atomic E-state index is 13.6. The molecule has 0 saturated heterocycles. The summed E-state index contributed by atoms with van der Waals surface area (Å²) in [5.41, 5.74) is -0.383. The Morgan fingerprint density at radius 1 is 1.13 bits per heavy atom. The van der Waals surface area contributed by atoms with E-state index in [0.29, 0.717) is 12.4 Å². The van der Waals surface area contributed by atoms with Crippen molar-refractivity contribution in [2.75, 3.05) is 6.54 Å². The molecule has 0 unspecified atom stereocenters. The van der Waals surface area contributed by atoms with E-state index in [1.807, 2.05) is 13.8 Å². The highest BCUT2D eigenvalue weighted by molar-refractivity contribution is 5.94. The van der Waals surface area contributed by atoms with Crippen molar-refractivity contribution < 1.29 is 22.4 Å². The van der Waals surface area contributed by atoms with Crippen molar-refractivity contribution in [2.45, 2.75) is 33.1 Å². The molecule has 4 nitrogen and oxygen atoms in total. The topological polar surface area (TPSA) is 38.1 Å². The zero-order chi connectivity index (χ0) is 22.6. The number of carbonyl (C=O) groups excluding carboxylic acids is 1. The van der Waals surface area contributed by atoms with Crippen LogP contribution in [0.5, 0.6) is 0 Å². The number of halogens is 4. The third-order valence-electron chi connectivity index (χ3n) is 4.74. The second kappa shape index (κ2) is 9.32. The van der Waals surface area contributed by atoms with E-state index >= 15 is 0 Å². The summed E-state index contributed by atoms with van der Waals surface area (Å²) >= 11 is 0. The lowest BCUT2D eigenvalue weighted by Crippen LogP contribution is -2.35. The van der Waals surface area contributed by atoms with Crippen LogP contribution in [0.4, 0.5) is 17.6 Å². The molecule has 0 spiro atoms. The third kappa shape index (κ3) is 5.71. The molecule has 0 atom stereocenters. The van der Waals surface area contributed by atoms with Crippen LogP contribution in [-0.2, 0) is 19.3 Å². The van der Waals surface area contributed by atoms with Crippen LogP contribution in [0, 0.1) is 11.7 Å². The van der Waals surface area contributed by atoms with E-state index in [1.54, 1.807) is 16.8 Å². The molecule has 0 radical (unpaired) electrons. The lowest BCUT2D eigenvalue weighted by molar-refractivity contribution is -0.138. The monoisotopic (exact) mass is 433 g/mol. The number of nitrogens with zero attached hydrogens (tertiary/aromatic N) is 3. The van der Waals surface area contributed by atoms with Crippen molar-refractivity contribution in [3.8, 4) is 0 Å². The van der Waals surface area contributed by atoms with Crippen molar-refractivity contribution >= 4 is 5.91 Å². The van der Waals surface area contributed by atoms with Crippen LogP contribution in [0.1, 0.15) is 41.2 Å². The highest BCUT2D eigenvalue weighted by Gasteiger charge is 2.33. The van der Waals surface area contributed by atoms with E-state index in [-0.39, 0.29) is 36.0 Å². The fourth-order valence-corrected chi connectivity index (χ4v) is 3.39. The Labute approximate surface area is 178 Å². The Morgan fingerprint density at radius 3 is 2.55 bits per heavy atom. The van der Waals surface area contributed by atoms with Crippen LogP contribution >= 0.6 is 0 Å². The summed E-state index contributed by atoms with van der Waals surface area (Å²) in [6, 6.07) is 10.8. The molecule has 0 aliphatic rings. The predicted molar refractivity (Wildman–Crippen MR) is 109 cm³/mol. The molecule has 0 saturated carbocycles. The number of amides is 1. The molecular weight excluding hydrogens is 410 g/mol. The lowest BCUT2D eigenvalue weighted by Gasteiger charge is -2.25. The molecule has 8 heteroatoms. The minimum Gasteiger partial charge on any atom is -0.331 e. The number of aromatic nitrogens is 2. The molecule has 0 fully saturated rings. The molecule has 0 N–H and O–H groups in total. The molecule has 164 valence electrons. The van der Waals surface area contributed by atoms with Gasteiger partial charge in [0.25, 0.3) is 5.91 Å². The molecule has 1 aromatic heterocycles. The smallest absolute Gasteiger partial charge is 0.331 e. The highest BCUT2D eigenvalue weighted by Crippen LogP contribution is 2.32. The summed E-state index contributed by atoms with van der Waals surface area (Å²) in [6.07, 6.45) is -1.39. The predicted octanol–water partition coefficient (Wildman–Crippen LogP) is 5.39. The Bertz CT molecular complexity index is 1040. The molecule has 0 bridgehead atoms. The van der Waals surface area contributed by atoms with Crippen LogP contribution in [0.15, 0.2) is 60.9 Å². The van der Waals surface area contributed by atoms with Crippen LogP contribution in [0.25, 0.3) is 0 Å². The van der Waals surface area contributed by atoms with Gasteiger partial charge < -0.3 is 9.47 Å². The van der Waals surface area contributed by atoms with Crippen molar-refractivity contribution in [3.63, 3.8) is 0 Å². The molecule has 1 heterocycles. The summed E-state index contributed by atoms with van der Waals surface area (Å²) < 4.78 is 55.2. The first-order chi connectivity index (χ1) is 14.6. The van der Waals surface area contributed by atoms with E-state index < -0.39 is 17.6 Å². The first-order valence-corrected chi connectivity index (χ1v) is 9.85. The Balaban J connectivity index is 1.87. The second-order valence-electron chi connectivity index (χ2n) is 7.72. The van der Waals surface area contributed by atoms with Gasteiger partial charge in [0.15, 0.2) is 0 Å². The number of hydrogen-bond acceptors (Lipinski definition) is 2. The van der Waals surface area contributed by atoms with Gasteiger partial charge in [-0.25, -0.2) is 9.37 Å². The van der Waals surface area contributed by atoms with Gasteiger partial charge in [-0.3, -0.25) is 4.79 Å². The Hall–Kier alpha value is -3.16. The van der Waals surface area contributed by atoms with Gasteiger partial charge in [-0.2, -0.15) is 13.2 Å². The SMILES string of the molecule is CC(C)CN(Cc1nccn1Cc1ccccc1C(F)(F)F)C(=O)c1cccc(F)c1. The van der Waals surface area contributed by atoms with E-state index in [1.165, 1.54) is 47.5 Å². The first kappa shape index (κ1) is 22.5. The van der Waals surface area contributed by atoms with Gasteiger partial charge in [-0.1, -0.05) is 38.1 Å². The zero-order valence-electron chi connectivity index (χ0n) is 17.2. The fraction of sp³-hybridized carbons (Fsp3) is 0.304. The third-order valence-corrected chi connectivity index (χ3v) is 4.74. The van der Waals surface area contributed by atoms with E-state index in [9.17, 15) is 22.4 Å². The molecule has 31 heavy (non-hydrogen) atoms. The first-order valence-electron chi connectivity index (χ1n) is 9.85. The molecule has 3 aromatic rings. The van der Waals surface area contributed by atoms with Crippen LogP contribution in [0.3, 0.4) is 0 Å². The molecule has 3 rings (SSSR count). The van der Waals surface area contributed by atoms with Gasteiger partial charge in [0.05, 0.1) is 12.1 Å². The fourth-order valence-electron chi connectivity index (χ4n) is 3.39. The van der Waals surface area contributed by atoms with Crippen LogP contribution < -0.4 is 0 Å². The van der Waals surface area contributed by atoms with Crippen molar-refractivity contribution in [1.82, 2.24) is 14.5 Å². The van der Waals surface area contributed by atoms with Gasteiger partial charge in [0, 0.05) is 31.0 Å². The number of rotatable bonds is 7.